The van der Waals surface area contributed by atoms with Gasteiger partial charge >= 0.3 is 6.18 Å². The van der Waals surface area contributed by atoms with Gasteiger partial charge in [-0.2, -0.15) is 18.3 Å². The number of hydrazone groups is 1. The topological polar surface area (TPSA) is 45.6 Å². The molecule has 22 heavy (non-hydrogen) atoms. The number of amides is 1. The second kappa shape index (κ2) is 5.25. The van der Waals surface area contributed by atoms with Crippen LogP contribution >= 0.6 is 0 Å². The summed E-state index contributed by atoms with van der Waals surface area (Å²) in [6, 6.07) is 7.83. The van der Waals surface area contributed by atoms with Crippen LogP contribution in [0.2, 0.25) is 0 Å². The second-order valence-electron chi connectivity index (χ2n) is 4.72. The van der Waals surface area contributed by atoms with Crippen molar-refractivity contribution in [2.24, 2.45) is 5.10 Å². The van der Waals surface area contributed by atoms with Crippen LogP contribution in [0.4, 0.5) is 18.9 Å². The van der Waals surface area contributed by atoms with E-state index >= 15 is 0 Å². The van der Waals surface area contributed by atoms with Gasteiger partial charge in [-0.05, 0) is 36.4 Å². The summed E-state index contributed by atoms with van der Waals surface area (Å²) in [6.07, 6.45) is -1.12. The summed E-state index contributed by atoms with van der Waals surface area (Å²) in [5, 5.41) is 5.29. The third-order valence-corrected chi connectivity index (χ3v) is 3.21. The van der Waals surface area contributed by atoms with Gasteiger partial charge in [-0.3, -0.25) is 9.78 Å². The zero-order chi connectivity index (χ0) is 15.7. The summed E-state index contributed by atoms with van der Waals surface area (Å²) in [5.41, 5.74) is 0.791. The molecule has 1 aromatic carbocycles. The van der Waals surface area contributed by atoms with Gasteiger partial charge in [0.05, 0.1) is 23.4 Å². The van der Waals surface area contributed by atoms with E-state index in [4.69, 9.17) is 0 Å². The van der Waals surface area contributed by atoms with Crippen LogP contribution in [0, 0.1) is 0 Å². The van der Waals surface area contributed by atoms with Gasteiger partial charge in [0.15, 0.2) is 0 Å². The highest BCUT2D eigenvalue weighted by atomic mass is 19.4. The first-order valence-corrected chi connectivity index (χ1v) is 6.43. The molecule has 7 heteroatoms. The fraction of sp³-hybridized carbons (Fsp3) is 0.133. The molecule has 0 unspecified atom stereocenters. The summed E-state index contributed by atoms with van der Waals surface area (Å²) in [6.45, 7) is 0. The molecule has 0 aliphatic carbocycles. The van der Waals surface area contributed by atoms with Crippen molar-refractivity contribution in [2.75, 3.05) is 5.01 Å². The van der Waals surface area contributed by atoms with Crippen LogP contribution in [0.5, 0.6) is 0 Å². The lowest BCUT2D eigenvalue weighted by Gasteiger charge is -2.13. The van der Waals surface area contributed by atoms with Crippen molar-refractivity contribution in [3.05, 3.63) is 59.9 Å². The van der Waals surface area contributed by atoms with E-state index in [9.17, 15) is 18.0 Å². The van der Waals surface area contributed by atoms with E-state index in [-0.39, 0.29) is 12.3 Å². The lowest BCUT2D eigenvalue weighted by molar-refractivity contribution is -0.137. The van der Waals surface area contributed by atoms with E-state index in [2.05, 4.69) is 10.1 Å². The first-order valence-electron chi connectivity index (χ1n) is 6.43. The van der Waals surface area contributed by atoms with Crippen LogP contribution in [0.1, 0.15) is 17.5 Å². The number of benzene rings is 1. The number of nitrogens with zero attached hydrogens (tertiary/aromatic N) is 3. The molecule has 2 heterocycles. The number of alkyl halides is 3. The number of rotatable bonds is 2. The minimum absolute atomic E-state index is 0.0900. The van der Waals surface area contributed by atoms with Crippen LogP contribution in [-0.4, -0.2) is 16.6 Å². The van der Waals surface area contributed by atoms with E-state index in [1.54, 1.807) is 24.5 Å². The van der Waals surface area contributed by atoms with Crippen LogP contribution < -0.4 is 5.01 Å². The highest BCUT2D eigenvalue weighted by Crippen LogP contribution is 2.31. The van der Waals surface area contributed by atoms with Gasteiger partial charge in [0.2, 0.25) is 0 Å². The molecule has 1 aliphatic heterocycles. The largest absolute Gasteiger partial charge is 0.416 e. The number of anilines is 1. The molecule has 3 rings (SSSR count). The zero-order valence-electron chi connectivity index (χ0n) is 11.2. The molecule has 0 fully saturated rings. The molecule has 0 spiro atoms. The Kier molecular flexibility index (Phi) is 3.40. The number of hydrogen-bond donors (Lipinski definition) is 0. The van der Waals surface area contributed by atoms with Crippen molar-refractivity contribution in [3.8, 4) is 0 Å². The molecular formula is C15H10F3N3O. The minimum atomic E-state index is -4.41. The molecule has 0 atom stereocenters. The van der Waals surface area contributed by atoms with E-state index in [0.717, 1.165) is 17.1 Å². The third-order valence-electron chi connectivity index (χ3n) is 3.21. The fourth-order valence-electron chi connectivity index (χ4n) is 2.12. The van der Waals surface area contributed by atoms with Crippen LogP contribution in [0.25, 0.3) is 0 Å². The predicted molar refractivity (Wildman–Crippen MR) is 74.3 cm³/mol. The summed E-state index contributed by atoms with van der Waals surface area (Å²) < 4.78 is 37.6. The lowest BCUT2D eigenvalue weighted by Crippen LogP contribution is -2.19. The normalized spacial score (nSPS) is 15.1. The van der Waals surface area contributed by atoms with Gasteiger partial charge in [-0.1, -0.05) is 0 Å². The maximum Gasteiger partial charge on any atom is 0.416 e. The van der Waals surface area contributed by atoms with Gasteiger partial charge < -0.3 is 0 Å². The van der Waals surface area contributed by atoms with Crippen molar-refractivity contribution >= 4 is 17.3 Å². The summed E-state index contributed by atoms with van der Waals surface area (Å²) >= 11 is 0. The Bertz CT molecular complexity index is 724. The van der Waals surface area contributed by atoms with Crippen molar-refractivity contribution in [3.63, 3.8) is 0 Å². The monoisotopic (exact) mass is 305 g/mol. The standard InChI is InChI=1S/C15H10F3N3O/c16-15(17,18)11-3-5-12(6-4-11)21-14(22)8-13(20-21)10-2-1-7-19-9-10/h1-7,9H,8H2. The van der Waals surface area contributed by atoms with Crippen molar-refractivity contribution in [1.29, 1.82) is 0 Å². The molecule has 112 valence electrons. The molecule has 2 aromatic rings. The average Bonchev–Trinajstić information content (AvgIpc) is 2.89. The van der Waals surface area contributed by atoms with E-state index < -0.39 is 11.7 Å². The average molecular weight is 305 g/mol. The molecule has 1 amide bonds. The van der Waals surface area contributed by atoms with Crippen LogP contribution in [-0.2, 0) is 11.0 Å². The Labute approximate surface area is 123 Å². The molecule has 0 saturated heterocycles. The SMILES string of the molecule is O=C1CC(c2cccnc2)=NN1c1ccc(C(F)(F)F)cc1. The first-order chi connectivity index (χ1) is 10.4. The van der Waals surface area contributed by atoms with Crippen molar-refractivity contribution < 1.29 is 18.0 Å². The summed E-state index contributed by atoms with van der Waals surface area (Å²) in [5.74, 6) is -0.293. The molecule has 0 radical (unpaired) electrons. The first kappa shape index (κ1) is 14.2. The van der Waals surface area contributed by atoms with Gasteiger partial charge in [0, 0.05) is 18.0 Å². The third kappa shape index (κ3) is 2.69. The quantitative estimate of drug-likeness (QED) is 0.855. The Morgan fingerprint density at radius 3 is 2.41 bits per heavy atom. The van der Waals surface area contributed by atoms with Crippen LogP contribution in [0.3, 0.4) is 0 Å². The second-order valence-corrected chi connectivity index (χ2v) is 4.72. The van der Waals surface area contributed by atoms with Gasteiger partial charge in [-0.25, -0.2) is 5.01 Å². The number of pyridine rings is 1. The Morgan fingerprint density at radius 2 is 1.82 bits per heavy atom. The lowest BCUT2D eigenvalue weighted by atomic mass is 10.1. The van der Waals surface area contributed by atoms with Crippen LogP contribution in [0.15, 0.2) is 53.9 Å². The van der Waals surface area contributed by atoms with E-state index in [0.29, 0.717) is 17.0 Å². The molecular weight excluding hydrogens is 295 g/mol. The number of carbonyl (C=O) groups excluding carboxylic acids is 1. The van der Waals surface area contributed by atoms with E-state index in [1.165, 1.54) is 12.1 Å². The predicted octanol–water partition coefficient (Wildman–Crippen LogP) is 3.24. The molecule has 0 saturated carbocycles. The van der Waals surface area contributed by atoms with Gasteiger partial charge in [0.1, 0.15) is 0 Å². The van der Waals surface area contributed by atoms with Crippen molar-refractivity contribution in [1.82, 2.24) is 4.98 Å². The highest BCUT2D eigenvalue weighted by molar-refractivity contribution is 6.19. The summed E-state index contributed by atoms with van der Waals surface area (Å²) in [4.78, 5) is 16.0. The molecule has 0 N–H and O–H groups in total. The Morgan fingerprint density at radius 1 is 1.09 bits per heavy atom. The maximum absolute atomic E-state index is 12.5. The number of aromatic nitrogens is 1. The van der Waals surface area contributed by atoms with Gasteiger partial charge in [0.25, 0.3) is 5.91 Å². The molecule has 4 nitrogen and oxygen atoms in total. The van der Waals surface area contributed by atoms with Gasteiger partial charge in [-0.15, -0.1) is 0 Å². The zero-order valence-corrected chi connectivity index (χ0v) is 11.2. The van der Waals surface area contributed by atoms with E-state index in [1.807, 2.05) is 0 Å². The van der Waals surface area contributed by atoms with Crippen molar-refractivity contribution in [2.45, 2.75) is 12.6 Å². The molecule has 0 bridgehead atoms. The molecule has 1 aliphatic rings. The summed E-state index contributed by atoms with van der Waals surface area (Å²) in [7, 11) is 0. The fourth-order valence-corrected chi connectivity index (χ4v) is 2.12. The number of hydrogen-bond acceptors (Lipinski definition) is 3. The number of halogens is 3. The smallest absolute Gasteiger partial charge is 0.272 e. The Balaban J connectivity index is 1.89. The molecule has 1 aromatic heterocycles. The number of carbonyl (C=O) groups is 1. The highest BCUT2D eigenvalue weighted by Gasteiger charge is 2.31. The maximum atomic E-state index is 12.5. The Hall–Kier alpha value is -2.70. The minimum Gasteiger partial charge on any atom is -0.272 e.